The van der Waals surface area contributed by atoms with E-state index in [1.54, 1.807) is 12.3 Å². The molecule has 0 aromatic carbocycles. The number of anilines is 1. The summed E-state index contributed by atoms with van der Waals surface area (Å²) < 4.78 is 6.97. The Labute approximate surface area is 92.7 Å². The molecule has 1 aromatic rings. The molecule has 1 saturated heterocycles. The number of nitrogens with zero attached hydrogens (tertiary/aromatic N) is 2. The van der Waals surface area contributed by atoms with Gasteiger partial charge in [-0.25, -0.2) is 4.79 Å². The monoisotopic (exact) mass is 225 g/mol. The van der Waals surface area contributed by atoms with Crippen LogP contribution in [0.25, 0.3) is 0 Å². The third kappa shape index (κ3) is 1.94. The lowest BCUT2D eigenvalue weighted by molar-refractivity contribution is -0.0312. The SMILES string of the molecule is CC1CC(n2ccc(N)nc2=O)O[C@H]1CO. The normalized spacial score (nSPS) is 29.5. The number of ether oxygens (including phenoxy) is 1. The molecule has 1 fully saturated rings. The minimum Gasteiger partial charge on any atom is -0.394 e. The van der Waals surface area contributed by atoms with E-state index in [1.165, 1.54) is 4.57 Å². The summed E-state index contributed by atoms with van der Waals surface area (Å²) in [6, 6.07) is 1.56. The molecule has 1 aliphatic rings. The van der Waals surface area contributed by atoms with Crippen molar-refractivity contribution in [1.82, 2.24) is 9.55 Å². The molecular weight excluding hydrogens is 210 g/mol. The molecule has 3 atom stereocenters. The Morgan fingerprint density at radius 3 is 3.06 bits per heavy atom. The minimum atomic E-state index is -0.421. The Kier molecular flexibility index (Phi) is 2.93. The maximum atomic E-state index is 11.6. The van der Waals surface area contributed by atoms with Crippen LogP contribution in [0.15, 0.2) is 17.1 Å². The first kappa shape index (κ1) is 11.1. The summed E-state index contributed by atoms with van der Waals surface area (Å²) in [4.78, 5) is 15.2. The van der Waals surface area contributed by atoms with E-state index in [0.717, 1.165) is 0 Å². The van der Waals surface area contributed by atoms with Gasteiger partial charge in [0.2, 0.25) is 0 Å². The van der Waals surface area contributed by atoms with Gasteiger partial charge in [0, 0.05) is 6.20 Å². The number of rotatable bonds is 2. The fourth-order valence-electron chi connectivity index (χ4n) is 1.91. The second-order valence-electron chi connectivity index (χ2n) is 4.07. The van der Waals surface area contributed by atoms with Crippen molar-refractivity contribution < 1.29 is 9.84 Å². The van der Waals surface area contributed by atoms with Crippen LogP contribution in [0.5, 0.6) is 0 Å². The Morgan fingerprint density at radius 1 is 1.75 bits per heavy atom. The summed E-state index contributed by atoms with van der Waals surface area (Å²) in [7, 11) is 0. The molecule has 2 rings (SSSR count). The second-order valence-corrected chi connectivity index (χ2v) is 4.07. The summed E-state index contributed by atoms with van der Waals surface area (Å²) >= 11 is 0. The third-order valence-corrected chi connectivity index (χ3v) is 2.88. The van der Waals surface area contributed by atoms with Gasteiger partial charge in [-0.2, -0.15) is 4.98 Å². The van der Waals surface area contributed by atoms with Gasteiger partial charge in [0.25, 0.3) is 0 Å². The van der Waals surface area contributed by atoms with Gasteiger partial charge in [0.05, 0.1) is 12.7 Å². The zero-order valence-corrected chi connectivity index (χ0v) is 9.04. The highest BCUT2D eigenvalue weighted by Gasteiger charge is 2.33. The van der Waals surface area contributed by atoms with Crippen LogP contribution in [0.3, 0.4) is 0 Å². The molecular formula is C10H15N3O3. The highest BCUT2D eigenvalue weighted by atomic mass is 16.5. The lowest BCUT2D eigenvalue weighted by Crippen LogP contribution is -2.27. The molecule has 16 heavy (non-hydrogen) atoms. The fraction of sp³-hybridized carbons (Fsp3) is 0.600. The summed E-state index contributed by atoms with van der Waals surface area (Å²) in [6.45, 7) is 1.95. The number of aromatic nitrogens is 2. The summed E-state index contributed by atoms with van der Waals surface area (Å²) in [6.07, 6.45) is 1.70. The predicted octanol–water partition coefficient (Wildman–Crippen LogP) is -0.259. The molecule has 0 saturated carbocycles. The van der Waals surface area contributed by atoms with Crippen LogP contribution in [-0.2, 0) is 4.74 Å². The Morgan fingerprint density at radius 2 is 2.50 bits per heavy atom. The predicted molar refractivity (Wildman–Crippen MR) is 57.7 cm³/mol. The van der Waals surface area contributed by atoms with Crippen molar-refractivity contribution in [2.45, 2.75) is 25.7 Å². The number of nitrogen functional groups attached to an aromatic ring is 1. The molecule has 3 N–H and O–H groups in total. The molecule has 0 bridgehead atoms. The van der Waals surface area contributed by atoms with Gasteiger partial charge in [-0.3, -0.25) is 4.57 Å². The molecule has 1 aromatic heterocycles. The van der Waals surface area contributed by atoms with Crippen molar-refractivity contribution in [2.24, 2.45) is 5.92 Å². The maximum Gasteiger partial charge on any atom is 0.351 e. The number of aliphatic hydroxyl groups is 1. The van der Waals surface area contributed by atoms with Gasteiger partial charge < -0.3 is 15.6 Å². The highest BCUT2D eigenvalue weighted by Crippen LogP contribution is 2.31. The van der Waals surface area contributed by atoms with Gasteiger partial charge in [0.1, 0.15) is 12.0 Å². The van der Waals surface area contributed by atoms with Gasteiger partial charge >= 0.3 is 5.69 Å². The largest absolute Gasteiger partial charge is 0.394 e. The van der Waals surface area contributed by atoms with E-state index in [9.17, 15) is 4.79 Å². The van der Waals surface area contributed by atoms with Crippen molar-refractivity contribution in [3.63, 3.8) is 0 Å². The average molecular weight is 225 g/mol. The molecule has 2 heterocycles. The molecule has 0 radical (unpaired) electrons. The van der Waals surface area contributed by atoms with Gasteiger partial charge in [-0.1, -0.05) is 6.92 Å². The maximum absolute atomic E-state index is 11.6. The van der Waals surface area contributed by atoms with Crippen LogP contribution in [0.2, 0.25) is 0 Å². The number of nitrogens with two attached hydrogens (primary N) is 1. The zero-order valence-electron chi connectivity index (χ0n) is 9.04. The zero-order chi connectivity index (χ0) is 11.7. The van der Waals surface area contributed by atoms with E-state index in [4.69, 9.17) is 15.6 Å². The van der Waals surface area contributed by atoms with Crippen LogP contribution in [0, 0.1) is 5.92 Å². The smallest absolute Gasteiger partial charge is 0.351 e. The van der Waals surface area contributed by atoms with Crippen molar-refractivity contribution >= 4 is 5.82 Å². The average Bonchev–Trinajstić information content (AvgIpc) is 2.59. The van der Waals surface area contributed by atoms with E-state index in [1.807, 2.05) is 6.92 Å². The fourth-order valence-corrected chi connectivity index (χ4v) is 1.91. The van der Waals surface area contributed by atoms with E-state index >= 15 is 0 Å². The molecule has 2 unspecified atom stereocenters. The standard InChI is InChI=1S/C10H15N3O3/c1-6-4-9(16-7(6)5-14)13-3-2-8(11)12-10(13)15/h2-3,6-7,9,14H,4-5H2,1H3,(H2,11,12,15)/t6?,7-,9?/m0/s1. The van der Waals surface area contributed by atoms with Crippen LogP contribution >= 0.6 is 0 Å². The van der Waals surface area contributed by atoms with Crippen LogP contribution in [0.4, 0.5) is 5.82 Å². The molecule has 6 nitrogen and oxygen atoms in total. The summed E-state index contributed by atoms with van der Waals surface area (Å²) in [5.74, 6) is 0.422. The first-order chi connectivity index (χ1) is 7.61. The van der Waals surface area contributed by atoms with Crippen LogP contribution < -0.4 is 11.4 Å². The molecule has 0 aliphatic carbocycles. The van der Waals surface area contributed by atoms with Crippen molar-refractivity contribution in [3.8, 4) is 0 Å². The van der Waals surface area contributed by atoms with E-state index < -0.39 is 5.69 Å². The summed E-state index contributed by atoms with van der Waals surface area (Å²) in [5.41, 5.74) is 4.98. The number of aliphatic hydroxyl groups excluding tert-OH is 1. The second kappa shape index (κ2) is 4.23. The minimum absolute atomic E-state index is 0.0329. The number of hydrogen-bond acceptors (Lipinski definition) is 5. The molecule has 0 amide bonds. The van der Waals surface area contributed by atoms with Crippen LogP contribution in [0.1, 0.15) is 19.6 Å². The molecule has 0 spiro atoms. The first-order valence-corrected chi connectivity index (χ1v) is 5.23. The van der Waals surface area contributed by atoms with Crippen molar-refractivity contribution in [2.75, 3.05) is 12.3 Å². The molecule has 6 heteroatoms. The lowest BCUT2D eigenvalue weighted by atomic mass is 10.0. The molecule has 88 valence electrons. The van der Waals surface area contributed by atoms with Crippen molar-refractivity contribution in [3.05, 3.63) is 22.7 Å². The lowest BCUT2D eigenvalue weighted by Gasteiger charge is -2.14. The van der Waals surface area contributed by atoms with E-state index in [2.05, 4.69) is 4.98 Å². The van der Waals surface area contributed by atoms with Crippen LogP contribution in [-0.4, -0.2) is 27.4 Å². The van der Waals surface area contributed by atoms with Gasteiger partial charge in [-0.05, 0) is 18.4 Å². The summed E-state index contributed by atoms with van der Waals surface area (Å²) in [5, 5.41) is 9.07. The first-order valence-electron chi connectivity index (χ1n) is 5.23. The van der Waals surface area contributed by atoms with Crippen molar-refractivity contribution in [1.29, 1.82) is 0 Å². The van der Waals surface area contributed by atoms with E-state index in [-0.39, 0.29) is 30.7 Å². The topological polar surface area (TPSA) is 90.4 Å². The van der Waals surface area contributed by atoms with E-state index in [0.29, 0.717) is 6.42 Å². The Hall–Kier alpha value is -1.40. The third-order valence-electron chi connectivity index (χ3n) is 2.88. The number of hydrogen-bond donors (Lipinski definition) is 2. The quantitative estimate of drug-likeness (QED) is 0.723. The van der Waals surface area contributed by atoms with Gasteiger partial charge in [-0.15, -0.1) is 0 Å². The Balaban J connectivity index is 2.23. The highest BCUT2D eigenvalue weighted by molar-refractivity contribution is 5.23. The van der Waals surface area contributed by atoms with Gasteiger partial charge in [0.15, 0.2) is 0 Å². The Bertz CT molecular complexity index is 432. The molecule has 1 aliphatic heterocycles.